The Morgan fingerprint density at radius 1 is 1.06 bits per heavy atom. The Balaban J connectivity index is 1.69. The van der Waals surface area contributed by atoms with Crippen LogP contribution >= 0.6 is 0 Å². The van der Waals surface area contributed by atoms with Crippen molar-refractivity contribution in [1.29, 1.82) is 0 Å². The maximum Gasteiger partial charge on any atom is 0.278 e. The summed E-state index contributed by atoms with van der Waals surface area (Å²) in [5, 5.41) is 3.12. The van der Waals surface area contributed by atoms with Crippen molar-refractivity contribution in [1.82, 2.24) is 4.90 Å². The molecule has 0 spiro atoms. The molecule has 0 fully saturated rings. The summed E-state index contributed by atoms with van der Waals surface area (Å²) < 4.78 is 16.8. The second kappa shape index (κ2) is 8.95. The Morgan fingerprint density at radius 3 is 2.52 bits per heavy atom. The van der Waals surface area contributed by atoms with Gasteiger partial charge in [0.05, 0.1) is 12.2 Å². The van der Waals surface area contributed by atoms with E-state index in [0.717, 1.165) is 6.42 Å². The average Bonchev–Trinajstić information content (AvgIpc) is 3.02. The predicted octanol–water partition coefficient (Wildman–Crippen LogP) is 3.62. The lowest BCUT2D eigenvalue weighted by molar-refractivity contribution is -0.136. The van der Waals surface area contributed by atoms with Crippen LogP contribution in [0.2, 0.25) is 0 Å². The molecule has 2 aromatic carbocycles. The van der Waals surface area contributed by atoms with Gasteiger partial charge in [-0.3, -0.25) is 14.5 Å². The van der Waals surface area contributed by atoms with Gasteiger partial charge in [-0.2, -0.15) is 0 Å². The molecule has 0 radical (unpaired) electrons. The van der Waals surface area contributed by atoms with Crippen molar-refractivity contribution < 1.29 is 23.8 Å². The van der Waals surface area contributed by atoms with Crippen molar-refractivity contribution in [3.63, 3.8) is 0 Å². The van der Waals surface area contributed by atoms with E-state index in [4.69, 9.17) is 14.2 Å². The van der Waals surface area contributed by atoms with Crippen LogP contribution in [0.15, 0.2) is 60.8 Å². The Bertz CT molecular complexity index is 1040. The van der Waals surface area contributed by atoms with Crippen LogP contribution in [0.5, 0.6) is 17.2 Å². The summed E-state index contributed by atoms with van der Waals surface area (Å²) in [4.78, 5) is 27.3. The van der Waals surface area contributed by atoms with Crippen LogP contribution in [0.3, 0.4) is 0 Å². The van der Waals surface area contributed by atoms with E-state index in [-0.39, 0.29) is 18.1 Å². The van der Waals surface area contributed by atoms with E-state index in [1.54, 1.807) is 42.5 Å². The van der Waals surface area contributed by atoms with Crippen LogP contribution in [0.4, 0.5) is 5.69 Å². The fourth-order valence-electron chi connectivity index (χ4n) is 3.46. The van der Waals surface area contributed by atoms with Gasteiger partial charge >= 0.3 is 0 Å². The number of hydrogen-bond acceptors (Lipinski definition) is 6. The number of carbonyl (C=O) groups excluding carboxylic acids is 2. The Morgan fingerprint density at radius 2 is 1.81 bits per heavy atom. The van der Waals surface area contributed by atoms with E-state index in [9.17, 15) is 9.59 Å². The summed E-state index contributed by atoms with van der Waals surface area (Å²) in [6.45, 7) is 7.39. The van der Waals surface area contributed by atoms with E-state index in [0.29, 0.717) is 53.9 Å². The molecule has 160 valence electrons. The van der Waals surface area contributed by atoms with Crippen molar-refractivity contribution in [2.45, 2.75) is 13.3 Å². The Hall–Kier alpha value is -3.74. The summed E-state index contributed by atoms with van der Waals surface area (Å²) in [5.74, 6) is 1.19. The number of carbonyl (C=O) groups is 2. The molecule has 0 unspecified atom stereocenters. The summed E-state index contributed by atoms with van der Waals surface area (Å²) in [6, 6.07) is 12.5. The molecule has 7 nitrogen and oxygen atoms in total. The van der Waals surface area contributed by atoms with Gasteiger partial charge in [-0.1, -0.05) is 25.1 Å². The first kappa shape index (κ1) is 20.5. The third-order valence-electron chi connectivity index (χ3n) is 4.91. The molecule has 2 heterocycles. The summed E-state index contributed by atoms with van der Waals surface area (Å²) in [6.07, 6.45) is 2.43. The summed E-state index contributed by atoms with van der Waals surface area (Å²) >= 11 is 0. The third-order valence-corrected chi connectivity index (χ3v) is 4.91. The molecule has 0 aliphatic carbocycles. The molecular weight excluding hydrogens is 396 g/mol. The zero-order chi connectivity index (χ0) is 21.8. The summed E-state index contributed by atoms with van der Waals surface area (Å²) in [7, 11) is 0. The molecule has 7 heteroatoms. The van der Waals surface area contributed by atoms with Crippen LogP contribution in [0, 0.1) is 0 Å². The number of nitrogens with zero attached hydrogens (tertiary/aromatic N) is 1. The number of nitrogens with one attached hydrogen (secondary N) is 1. The van der Waals surface area contributed by atoms with Crippen LogP contribution in [-0.4, -0.2) is 43.1 Å². The average molecular weight is 420 g/mol. The normalized spacial score (nSPS) is 15.3. The lowest BCUT2D eigenvalue weighted by Gasteiger charge is -2.19. The lowest BCUT2D eigenvalue weighted by atomic mass is 10.0. The van der Waals surface area contributed by atoms with E-state index < -0.39 is 5.91 Å². The number of anilines is 1. The lowest BCUT2D eigenvalue weighted by Crippen LogP contribution is -2.32. The standard InChI is InChI=1S/C24H24N2O5/c1-3-11-26-23(27)21(16-5-8-18(9-6-16)29-12-4-2)22(24(26)28)25-17-7-10-19-20(15-17)31-14-13-30-19/h3,5-10,15,25H,1,4,11-14H2,2H3. The smallest absolute Gasteiger partial charge is 0.278 e. The second-order valence-electron chi connectivity index (χ2n) is 7.12. The highest BCUT2D eigenvalue weighted by molar-refractivity contribution is 6.36. The molecule has 0 saturated carbocycles. The van der Waals surface area contributed by atoms with Gasteiger partial charge in [-0.15, -0.1) is 6.58 Å². The molecule has 31 heavy (non-hydrogen) atoms. The minimum absolute atomic E-state index is 0.130. The minimum atomic E-state index is -0.402. The van der Waals surface area contributed by atoms with Crippen molar-refractivity contribution in [3.05, 3.63) is 66.4 Å². The maximum atomic E-state index is 13.1. The van der Waals surface area contributed by atoms with E-state index >= 15 is 0 Å². The molecule has 2 aromatic rings. The van der Waals surface area contributed by atoms with Crippen LogP contribution < -0.4 is 19.5 Å². The molecule has 2 aliphatic heterocycles. The third kappa shape index (κ3) is 4.12. The van der Waals surface area contributed by atoms with Gasteiger partial charge in [0.25, 0.3) is 11.8 Å². The van der Waals surface area contributed by atoms with E-state index in [1.165, 1.54) is 11.0 Å². The fourth-order valence-corrected chi connectivity index (χ4v) is 3.46. The number of amides is 2. The largest absolute Gasteiger partial charge is 0.494 e. The van der Waals surface area contributed by atoms with Crippen molar-refractivity contribution in [2.24, 2.45) is 0 Å². The SMILES string of the molecule is C=CCN1C(=O)C(Nc2ccc3c(c2)OCCO3)=C(c2ccc(OCCC)cc2)C1=O. The van der Waals surface area contributed by atoms with Gasteiger partial charge < -0.3 is 19.5 Å². The number of fused-ring (bicyclic) bond motifs is 1. The van der Waals surface area contributed by atoms with E-state index in [2.05, 4.69) is 11.9 Å². The molecule has 2 aliphatic rings. The molecule has 1 N–H and O–H groups in total. The number of hydrogen-bond donors (Lipinski definition) is 1. The molecule has 0 bridgehead atoms. The molecule has 2 amide bonds. The van der Waals surface area contributed by atoms with E-state index in [1.807, 2.05) is 6.92 Å². The summed E-state index contributed by atoms with van der Waals surface area (Å²) in [5.41, 5.74) is 1.78. The minimum Gasteiger partial charge on any atom is -0.494 e. The fraction of sp³-hybridized carbons (Fsp3) is 0.250. The van der Waals surface area contributed by atoms with Crippen LogP contribution in [0.1, 0.15) is 18.9 Å². The number of rotatable bonds is 8. The van der Waals surface area contributed by atoms with Crippen molar-refractivity contribution in [2.75, 3.05) is 31.7 Å². The Labute approximate surface area is 180 Å². The van der Waals surface area contributed by atoms with Crippen LogP contribution in [-0.2, 0) is 9.59 Å². The first-order chi connectivity index (χ1) is 15.1. The zero-order valence-electron chi connectivity index (χ0n) is 17.3. The number of ether oxygens (including phenoxy) is 3. The monoisotopic (exact) mass is 420 g/mol. The first-order valence-electron chi connectivity index (χ1n) is 10.2. The molecule has 0 saturated heterocycles. The van der Waals surface area contributed by atoms with Gasteiger partial charge in [-0.05, 0) is 36.2 Å². The Kier molecular flexibility index (Phi) is 5.93. The topological polar surface area (TPSA) is 77.1 Å². The highest BCUT2D eigenvalue weighted by Crippen LogP contribution is 2.35. The molecule has 0 atom stereocenters. The maximum absolute atomic E-state index is 13.1. The van der Waals surface area contributed by atoms with Gasteiger partial charge in [-0.25, -0.2) is 0 Å². The van der Waals surface area contributed by atoms with Crippen molar-refractivity contribution in [3.8, 4) is 17.2 Å². The van der Waals surface area contributed by atoms with Crippen LogP contribution in [0.25, 0.3) is 5.57 Å². The highest BCUT2D eigenvalue weighted by atomic mass is 16.6. The highest BCUT2D eigenvalue weighted by Gasteiger charge is 2.38. The predicted molar refractivity (Wildman–Crippen MR) is 117 cm³/mol. The zero-order valence-corrected chi connectivity index (χ0v) is 17.3. The van der Waals surface area contributed by atoms with Gasteiger partial charge in [0.1, 0.15) is 24.7 Å². The van der Waals surface area contributed by atoms with Gasteiger partial charge in [0, 0.05) is 18.3 Å². The molecular formula is C24H24N2O5. The molecule has 0 aromatic heterocycles. The van der Waals surface area contributed by atoms with Gasteiger partial charge in [0.2, 0.25) is 0 Å². The van der Waals surface area contributed by atoms with Gasteiger partial charge in [0.15, 0.2) is 11.5 Å². The molecule has 4 rings (SSSR count). The quantitative estimate of drug-likeness (QED) is 0.519. The first-order valence-corrected chi connectivity index (χ1v) is 10.2. The van der Waals surface area contributed by atoms with Crippen molar-refractivity contribution >= 4 is 23.1 Å². The number of imide groups is 1. The number of benzene rings is 2. The second-order valence-corrected chi connectivity index (χ2v) is 7.12.